The highest BCUT2D eigenvalue weighted by Gasteiger charge is 2.20. The molecule has 0 N–H and O–H groups in total. The molecule has 0 radical (unpaired) electrons. The smallest absolute Gasteiger partial charge is 0.126 e. The first-order chi connectivity index (χ1) is 21.8. The summed E-state index contributed by atoms with van der Waals surface area (Å²) in [6.07, 6.45) is 10.2. The fourth-order valence-electron chi connectivity index (χ4n) is 6.19. The number of hydrogen-bond donors (Lipinski definition) is 0. The Balaban J connectivity index is 1.37. The van der Waals surface area contributed by atoms with Crippen molar-refractivity contribution in [1.82, 2.24) is 23.7 Å². The number of rotatable bonds is 5. The van der Waals surface area contributed by atoms with Gasteiger partial charge in [0.25, 0.3) is 0 Å². The lowest BCUT2D eigenvalue weighted by Crippen LogP contribution is -1.97. The molecule has 0 saturated carbocycles. The highest BCUT2D eigenvalue weighted by atomic mass is 32.1. The summed E-state index contributed by atoms with van der Waals surface area (Å²) in [5.41, 5.74) is 9.76. The molecule has 0 atom stereocenters. The lowest BCUT2D eigenvalue weighted by atomic mass is 10.1. The largest absolute Gasteiger partial charge is 0.324 e. The molecule has 5 aromatic heterocycles. The first-order valence-corrected chi connectivity index (χ1v) is 15.4. The second kappa shape index (κ2) is 9.93. The van der Waals surface area contributed by atoms with Crippen LogP contribution in [0.4, 0.5) is 0 Å². The summed E-state index contributed by atoms with van der Waals surface area (Å²) in [5, 5.41) is 3.38. The van der Waals surface area contributed by atoms with Crippen LogP contribution in [0.25, 0.3) is 70.9 Å². The van der Waals surface area contributed by atoms with Gasteiger partial charge in [0, 0.05) is 64.3 Å². The summed E-state index contributed by atoms with van der Waals surface area (Å²) in [6.45, 7) is 0. The fraction of sp³-hybridized carbons (Fsp3) is 0. The molecule has 0 fully saturated rings. The van der Waals surface area contributed by atoms with Crippen molar-refractivity contribution in [1.29, 1.82) is 0 Å². The third-order valence-corrected chi connectivity index (χ3v) is 9.31. The van der Waals surface area contributed by atoms with Gasteiger partial charge in [-0.05, 0) is 91.0 Å². The second-order valence-electron chi connectivity index (χ2n) is 10.9. The third kappa shape index (κ3) is 4.00. The van der Waals surface area contributed by atoms with Gasteiger partial charge in [0.05, 0.1) is 32.6 Å². The number of fused-ring (bicyclic) bond motifs is 4. The number of benzene rings is 4. The molecule has 0 saturated heterocycles. The van der Waals surface area contributed by atoms with Crippen LogP contribution in [0.15, 0.2) is 152 Å². The van der Waals surface area contributed by atoms with Crippen molar-refractivity contribution < 1.29 is 0 Å². The van der Waals surface area contributed by atoms with Crippen molar-refractivity contribution in [2.45, 2.75) is 0 Å². The Hall–Kier alpha value is -5.72. The van der Waals surface area contributed by atoms with E-state index in [1.54, 1.807) is 11.3 Å². The molecule has 0 unspecified atom stereocenters. The Morgan fingerprint density at radius 3 is 2.18 bits per heavy atom. The van der Waals surface area contributed by atoms with Crippen molar-refractivity contribution in [2.24, 2.45) is 0 Å². The fourth-order valence-corrected chi connectivity index (χ4v) is 7.18. The summed E-state index contributed by atoms with van der Waals surface area (Å²) in [5.74, 6) is 0. The van der Waals surface area contributed by atoms with Crippen molar-refractivity contribution in [2.75, 3.05) is 0 Å². The van der Waals surface area contributed by atoms with Crippen LogP contribution >= 0.6 is 11.3 Å². The Bertz CT molecular complexity index is 2400. The summed E-state index contributed by atoms with van der Waals surface area (Å²) in [6, 6.07) is 42.7. The molecule has 208 valence electrons. The van der Waals surface area contributed by atoms with Crippen LogP contribution in [-0.2, 0) is 0 Å². The molecular weight excluding hydrogens is 559 g/mol. The van der Waals surface area contributed by atoms with Gasteiger partial charge in [-0.15, -0.1) is 11.3 Å². The first kappa shape index (κ1) is 24.8. The topological polar surface area (TPSA) is 40.6 Å². The zero-order valence-electron chi connectivity index (χ0n) is 23.6. The van der Waals surface area contributed by atoms with E-state index in [9.17, 15) is 0 Å². The van der Waals surface area contributed by atoms with Gasteiger partial charge in [-0.2, -0.15) is 0 Å². The van der Waals surface area contributed by atoms with Gasteiger partial charge in [-0.3, -0.25) is 4.98 Å². The summed E-state index contributed by atoms with van der Waals surface area (Å²) >= 11 is 1.73. The van der Waals surface area contributed by atoms with Crippen LogP contribution in [0.3, 0.4) is 0 Å². The monoisotopic (exact) mass is 583 g/mol. The van der Waals surface area contributed by atoms with Gasteiger partial charge in [0.2, 0.25) is 0 Å². The standard InChI is InChI=1S/C38H25N5S/c1-2-14-37-33(13-1)40-38(44-37)31-25-36-30(24-35(31)42-20-7-8-21-42)29-23-27(41-18-5-6-19-41)15-16-34(29)43(36)28-11-9-10-26(22-28)32-12-3-4-17-39-32/h1-25H. The van der Waals surface area contributed by atoms with Crippen LogP contribution in [0, 0.1) is 0 Å². The Labute approximate surface area is 257 Å². The molecule has 6 heteroatoms. The van der Waals surface area contributed by atoms with E-state index in [0.29, 0.717) is 0 Å². The Morgan fingerprint density at radius 1 is 0.568 bits per heavy atom. The number of pyridine rings is 1. The van der Waals surface area contributed by atoms with Gasteiger partial charge >= 0.3 is 0 Å². The molecule has 4 aromatic carbocycles. The predicted molar refractivity (Wildman–Crippen MR) is 181 cm³/mol. The normalized spacial score (nSPS) is 11.6. The lowest BCUT2D eigenvalue weighted by Gasteiger charge is -2.13. The molecule has 44 heavy (non-hydrogen) atoms. The molecule has 0 amide bonds. The Kier molecular flexibility index (Phi) is 5.61. The molecule has 0 aliphatic carbocycles. The second-order valence-corrected chi connectivity index (χ2v) is 11.9. The molecule has 9 rings (SSSR count). The van der Waals surface area contributed by atoms with E-state index in [4.69, 9.17) is 4.98 Å². The van der Waals surface area contributed by atoms with E-state index in [1.165, 1.54) is 15.5 Å². The van der Waals surface area contributed by atoms with Crippen LogP contribution in [0.1, 0.15) is 0 Å². The molecule has 5 heterocycles. The van der Waals surface area contributed by atoms with Crippen LogP contribution < -0.4 is 0 Å². The number of hydrogen-bond acceptors (Lipinski definition) is 3. The minimum atomic E-state index is 0.954. The van der Waals surface area contributed by atoms with E-state index in [0.717, 1.165) is 55.4 Å². The maximum Gasteiger partial charge on any atom is 0.126 e. The van der Waals surface area contributed by atoms with Gasteiger partial charge in [0.15, 0.2) is 0 Å². The van der Waals surface area contributed by atoms with E-state index >= 15 is 0 Å². The molecule has 0 aliphatic rings. The number of nitrogens with zero attached hydrogens (tertiary/aromatic N) is 5. The third-order valence-electron chi connectivity index (χ3n) is 8.24. The van der Waals surface area contributed by atoms with Crippen LogP contribution in [0.2, 0.25) is 0 Å². The van der Waals surface area contributed by atoms with Crippen LogP contribution in [0.5, 0.6) is 0 Å². The van der Waals surface area contributed by atoms with Gasteiger partial charge in [-0.25, -0.2) is 4.98 Å². The van der Waals surface area contributed by atoms with Crippen LogP contribution in [-0.4, -0.2) is 23.7 Å². The van der Waals surface area contributed by atoms with E-state index in [2.05, 4.69) is 153 Å². The van der Waals surface area contributed by atoms with Crippen molar-refractivity contribution in [3.8, 4) is 38.9 Å². The zero-order valence-corrected chi connectivity index (χ0v) is 24.4. The maximum absolute atomic E-state index is 5.10. The quantitative estimate of drug-likeness (QED) is 0.202. The van der Waals surface area contributed by atoms with Gasteiger partial charge in [0.1, 0.15) is 5.01 Å². The van der Waals surface area contributed by atoms with E-state index < -0.39 is 0 Å². The van der Waals surface area contributed by atoms with Crippen molar-refractivity contribution in [3.63, 3.8) is 0 Å². The summed E-state index contributed by atoms with van der Waals surface area (Å²) in [7, 11) is 0. The molecule has 5 nitrogen and oxygen atoms in total. The average molecular weight is 584 g/mol. The minimum absolute atomic E-state index is 0.954. The van der Waals surface area contributed by atoms with Crippen molar-refractivity contribution >= 4 is 43.4 Å². The average Bonchev–Trinajstić information content (AvgIpc) is 3.90. The number of para-hydroxylation sites is 1. The molecule has 0 aliphatic heterocycles. The summed E-state index contributed by atoms with van der Waals surface area (Å²) in [4.78, 5) is 9.73. The Morgan fingerprint density at radius 2 is 1.36 bits per heavy atom. The van der Waals surface area contributed by atoms with Crippen molar-refractivity contribution in [3.05, 3.63) is 152 Å². The van der Waals surface area contributed by atoms with Gasteiger partial charge < -0.3 is 13.7 Å². The van der Waals surface area contributed by atoms with E-state index in [1.807, 2.05) is 18.3 Å². The highest BCUT2D eigenvalue weighted by molar-refractivity contribution is 7.21. The summed E-state index contributed by atoms with van der Waals surface area (Å²) < 4.78 is 7.92. The molecule has 0 bridgehead atoms. The SMILES string of the molecule is c1ccc(-c2cccc(-n3c4ccc(-n5cccc5)cc4c4cc(-n5cccc5)c(-c5nc6ccccc6s5)cc43)c2)nc1. The van der Waals surface area contributed by atoms with Gasteiger partial charge in [-0.1, -0.05) is 30.3 Å². The predicted octanol–water partition coefficient (Wildman–Crippen LogP) is 9.70. The molecule has 9 aromatic rings. The number of aromatic nitrogens is 5. The first-order valence-electron chi connectivity index (χ1n) is 14.6. The van der Waals surface area contributed by atoms with E-state index in [-0.39, 0.29) is 0 Å². The maximum atomic E-state index is 5.10. The highest BCUT2D eigenvalue weighted by Crippen LogP contribution is 2.41. The lowest BCUT2D eigenvalue weighted by molar-refractivity contribution is 1.08. The molecular formula is C38H25N5S. The number of thiazole rings is 1. The molecule has 0 spiro atoms. The zero-order chi connectivity index (χ0) is 29.0. The minimum Gasteiger partial charge on any atom is -0.324 e.